The standard InChI is InChI=1S/C24H17F3N4O2S/c25-24(26,27)23-14-22(31(29-23)19-10-8-18(9-11-19)30-34(28,32)33)17-7-12-21-16(13-17)6-5-15-3-1-2-4-20(15)21/h1-14,30H,(H2,28,32,33). The minimum atomic E-state index is -4.64. The molecule has 0 aliphatic rings. The van der Waals surface area contributed by atoms with Gasteiger partial charge in [0.1, 0.15) is 0 Å². The first-order chi connectivity index (χ1) is 16.1. The number of rotatable bonds is 4. The lowest BCUT2D eigenvalue weighted by molar-refractivity contribution is -0.141. The summed E-state index contributed by atoms with van der Waals surface area (Å²) in [5, 5.41) is 12.7. The number of nitrogens with one attached hydrogen (secondary N) is 1. The van der Waals surface area contributed by atoms with E-state index < -0.39 is 22.1 Å². The Labute approximate surface area is 192 Å². The van der Waals surface area contributed by atoms with E-state index in [0.29, 0.717) is 11.3 Å². The topological polar surface area (TPSA) is 90.0 Å². The largest absolute Gasteiger partial charge is 0.435 e. The summed E-state index contributed by atoms with van der Waals surface area (Å²) in [7, 11) is -3.98. The van der Waals surface area contributed by atoms with Gasteiger partial charge in [-0.15, -0.1) is 0 Å². The van der Waals surface area contributed by atoms with Gasteiger partial charge in [-0.2, -0.15) is 26.7 Å². The Morgan fingerprint density at radius 3 is 2.21 bits per heavy atom. The second kappa shape index (κ2) is 7.86. The van der Waals surface area contributed by atoms with Gasteiger partial charge in [-0.05, 0) is 57.9 Å². The molecule has 5 aromatic rings. The first-order valence-corrected chi connectivity index (χ1v) is 11.6. The zero-order chi connectivity index (χ0) is 24.1. The Bertz CT molecular complexity index is 1640. The van der Waals surface area contributed by atoms with Crippen LogP contribution in [0.3, 0.4) is 0 Å². The maximum Gasteiger partial charge on any atom is 0.435 e. The molecule has 172 valence electrons. The van der Waals surface area contributed by atoms with Gasteiger partial charge in [0.25, 0.3) is 10.2 Å². The van der Waals surface area contributed by atoms with Crippen LogP contribution in [-0.4, -0.2) is 18.2 Å². The molecule has 4 aromatic carbocycles. The summed E-state index contributed by atoms with van der Waals surface area (Å²) < 4.78 is 66.3. The Morgan fingerprint density at radius 2 is 1.50 bits per heavy atom. The van der Waals surface area contributed by atoms with Crippen molar-refractivity contribution in [3.8, 4) is 16.9 Å². The lowest BCUT2D eigenvalue weighted by atomic mass is 9.99. The minimum Gasteiger partial charge on any atom is -0.271 e. The van der Waals surface area contributed by atoms with Crippen LogP contribution in [-0.2, 0) is 16.4 Å². The molecular formula is C24H17F3N4O2S. The van der Waals surface area contributed by atoms with E-state index in [2.05, 4.69) is 9.82 Å². The first kappa shape index (κ1) is 21.9. The van der Waals surface area contributed by atoms with Crippen molar-refractivity contribution in [2.24, 2.45) is 5.14 Å². The Morgan fingerprint density at radius 1 is 0.824 bits per heavy atom. The van der Waals surface area contributed by atoms with E-state index in [-0.39, 0.29) is 11.4 Å². The van der Waals surface area contributed by atoms with Crippen molar-refractivity contribution < 1.29 is 21.6 Å². The SMILES string of the molecule is NS(=O)(=O)Nc1ccc(-n2nc(C(F)(F)F)cc2-c2ccc3c(ccc4ccccc43)c2)cc1. The highest BCUT2D eigenvalue weighted by atomic mass is 32.2. The van der Waals surface area contributed by atoms with Crippen LogP contribution in [0.4, 0.5) is 18.9 Å². The summed E-state index contributed by atoms with van der Waals surface area (Å²) in [5.41, 5.74) is 0.262. The molecule has 0 amide bonds. The normalized spacial score (nSPS) is 12.4. The number of anilines is 1. The predicted octanol–water partition coefficient (Wildman–Crippen LogP) is 5.48. The molecular weight excluding hydrogens is 465 g/mol. The summed E-state index contributed by atoms with van der Waals surface area (Å²) >= 11 is 0. The van der Waals surface area contributed by atoms with Crippen LogP contribution in [0, 0.1) is 0 Å². The zero-order valence-corrected chi connectivity index (χ0v) is 18.2. The number of fused-ring (bicyclic) bond motifs is 3. The molecule has 0 unspecified atom stereocenters. The second-order valence-electron chi connectivity index (χ2n) is 7.74. The van der Waals surface area contributed by atoms with Crippen LogP contribution in [0.5, 0.6) is 0 Å². The summed E-state index contributed by atoms with van der Waals surface area (Å²) in [6.45, 7) is 0. The Kier molecular flexibility index (Phi) is 5.07. The van der Waals surface area contributed by atoms with E-state index in [1.165, 1.54) is 28.9 Å². The number of benzene rings is 4. The first-order valence-electron chi connectivity index (χ1n) is 10.1. The molecule has 0 atom stereocenters. The van der Waals surface area contributed by atoms with Crippen molar-refractivity contribution in [1.82, 2.24) is 9.78 Å². The van der Waals surface area contributed by atoms with Crippen molar-refractivity contribution in [2.45, 2.75) is 6.18 Å². The summed E-state index contributed by atoms with van der Waals surface area (Å²) in [4.78, 5) is 0. The summed E-state index contributed by atoms with van der Waals surface area (Å²) in [6, 6.07) is 24.0. The molecule has 1 aromatic heterocycles. The monoisotopic (exact) mass is 482 g/mol. The molecule has 0 spiro atoms. The number of nitrogens with zero attached hydrogens (tertiary/aromatic N) is 2. The second-order valence-corrected chi connectivity index (χ2v) is 9.04. The van der Waals surface area contributed by atoms with Crippen LogP contribution in [0.15, 0.2) is 84.9 Å². The van der Waals surface area contributed by atoms with Crippen molar-refractivity contribution in [3.63, 3.8) is 0 Å². The van der Waals surface area contributed by atoms with E-state index >= 15 is 0 Å². The molecule has 10 heteroatoms. The molecule has 0 radical (unpaired) electrons. The number of nitrogens with two attached hydrogens (primary N) is 1. The average Bonchev–Trinajstić information content (AvgIpc) is 3.24. The molecule has 0 saturated heterocycles. The number of aromatic nitrogens is 2. The molecule has 6 nitrogen and oxygen atoms in total. The molecule has 3 N–H and O–H groups in total. The molecule has 0 aliphatic heterocycles. The number of hydrogen-bond acceptors (Lipinski definition) is 3. The van der Waals surface area contributed by atoms with Crippen LogP contribution >= 0.6 is 0 Å². The van der Waals surface area contributed by atoms with Crippen LogP contribution in [0.25, 0.3) is 38.5 Å². The summed E-state index contributed by atoms with van der Waals surface area (Å²) in [5.74, 6) is 0. The van der Waals surface area contributed by atoms with E-state index in [9.17, 15) is 21.6 Å². The summed E-state index contributed by atoms with van der Waals surface area (Å²) in [6.07, 6.45) is -4.64. The molecule has 5 rings (SSSR count). The van der Waals surface area contributed by atoms with E-state index in [0.717, 1.165) is 27.6 Å². The molecule has 0 bridgehead atoms. The van der Waals surface area contributed by atoms with Gasteiger partial charge in [-0.25, -0.2) is 9.82 Å². The molecule has 0 aliphatic carbocycles. The lowest BCUT2D eigenvalue weighted by Crippen LogP contribution is -2.21. The highest BCUT2D eigenvalue weighted by Crippen LogP contribution is 2.35. The predicted molar refractivity (Wildman–Crippen MR) is 126 cm³/mol. The number of hydrogen-bond donors (Lipinski definition) is 2. The number of alkyl halides is 3. The van der Waals surface area contributed by atoms with Gasteiger partial charge in [-0.3, -0.25) is 4.72 Å². The van der Waals surface area contributed by atoms with Gasteiger partial charge < -0.3 is 0 Å². The van der Waals surface area contributed by atoms with Gasteiger partial charge in [0.15, 0.2) is 5.69 Å². The maximum atomic E-state index is 13.5. The highest BCUT2D eigenvalue weighted by Gasteiger charge is 2.35. The lowest BCUT2D eigenvalue weighted by Gasteiger charge is -2.11. The van der Waals surface area contributed by atoms with E-state index in [1.54, 1.807) is 6.07 Å². The van der Waals surface area contributed by atoms with Gasteiger partial charge in [-0.1, -0.05) is 48.5 Å². The third-order valence-electron chi connectivity index (χ3n) is 5.41. The van der Waals surface area contributed by atoms with Crippen molar-refractivity contribution >= 4 is 37.4 Å². The molecule has 34 heavy (non-hydrogen) atoms. The fourth-order valence-electron chi connectivity index (χ4n) is 3.93. The Hall–Kier alpha value is -3.89. The number of halogens is 3. The highest BCUT2D eigenvalue weighted by molar-refractivity contribution is 7.90. The molecule has 0 fully saturated rings. The van der Waals surface area contributed by atoms with Crippen LogP contribution in [0.2, 0.25) is 0 Å². The van der Waals surface area contributed by atoms with Crippen molar-refractivity contribution in [1.29, 1.82) is 0 Å². The smallest absolute Gasteiger partial charge is 0.271 e. The average molecular weight is 482 g/mol. The van der Waals surface area contributed by atoms with Crippen LogP contribution < -0.4 is 9.86 Å². The molecule has 0 saturated carbocycles. The zero-order valence-electron chi connectivity index (χ0n) is 17.4. The van der Waals surface area contributed by atoms with E-state index in [1.807, 2.05) is 48.5 Å². The Balaban J connectivity index is 1.64. The van der Waals surface area contributed by atoms with E-state index in [4.69, 9.17) is 5.14 Å². The van der Waals surface area contributed by atoms with Gasteiger partial charge in [0, 0.05) is 11.3 Å². The fraction of sp³-hybridized carbons (Fsp3) is 0.0417. The third-order valence-corrected chi connectivity index (χ3v) is 5.93. The maximum absolute atomic E-state index is 13.5. The van der Waals surface area contributed by atoms with Gasteiger partial charge >= 0.3 is 6.18 Å². The van der Waals surface area contributed by atoms with Crippen LogP contribution in [0.1, 0.15) is 5.69 Å². The van der Waals surface area contributed by atoms with Crippen molar-refractivity contribution in [3.05, 3.63) is 90.6 Å². The molecule has 1 heterocycles. The van der Waals surface area contributed by atoms with Gasteiger partial charge in [0.05, 0.1) is 11.4 Å². The quantitative estimate of drug-likeness (QED) is 0.333. The fourth-order valence-corrected chi connectivity index (χ4v) is 4.39. The van der Waals surface area contributed by atoms with Crippen molar-refractivity contribution in [2.75, 3.05) is 4.72 Å². The third kappa shape index (κ3) is 4.20. The minimum absolute atomic E-state index is 0.175. The van der Waals surface area contributed by atoms with Gasteiger partial charge in [0.2, 0.25) is 0 Å².